The van der Waals surface area contributed by atoms with Crippen LogP contribution in [-0.4, -0.2) is 25.4 Å². The van der Waals surface area contributed by atoms with Gasteiger partial charge in [-0.2, -0.15) is 0 Å². The Balaban J connectivity index is 2.21. The summed E-state index contributed by atoms with van der Waals surface area (Å²) in [7, 11) is 1.47. The van der Waals surface area contributed by atoms with E-state index in [9.17, 15) is 19.5 Å². The van der Waals surface area contributed by atoms with Gasteiger partial charge in [-0.1, -0.05) is 15.9 Å². The van der Waals surface area contributed by atoms with Gasteiger partial charge in [0.2, 0.25) is 0 Å². The van der Waals surface area contributed by atoms with E-state index >= 15 is 0 Å². The summed E-state index contributed by atoms with van der Waals surface area (Å²) in [5.74, 6) is -0.654. The van der Waals surface area contributed by atoms with E-state index in [-0.39, 0.29) is 27.9 Å². The first-order valence-electron chi connectivity index (χ1n) is 6.51. The Kier molecular flexibility index (Phi) is 3.61. The van der Waals surface area contributed by atoms with Gasteiger partial charge in [-0.05, 0) is 24.3 Å². The van der Waals surface area contributed by atoms with Gasteiger partial charge in [0.05, 0.1) is 10.9 Å². The number of pyridine rings is 1. The molecule has 0 aliphatic heterocycles. The Morgan fingerprint density at radius 1 is 1.30 bits per heavy atom. The van der Waals surface area contributed by atoms with Crippen molar-refractivity contribution in [1.82, 2.24) is 14.5 Å². The topological polar surface area (TPSA) is 105 Å². The maximum Gasteiger partial charge on any atom is 0.329 e. The summed E-state index contributed by atoms with van der Waals surface area (Å²) in [6.07, 6.45) is 1.27. The molecule has 0 unspecified atom stereocenters. The van der Waals surface area contributed by atoms with Crippen LogP contribution in [0.5, 0.6) is 5.75 Å². The van der Waals surface area contributed by atoms with Gasteiger partial charge >= 0.3 is 5.69 Å². The van der Waals surface area contributed by atoms with E-state index in [0.29, 0.717) is 4.47 Å². The Hall–Kier alpha value is -2.74. The molecule has 0 aliphatic rings. The smallest absolute Gasteiger partial charge is 0.329 e. The van der Waals surface area contributed by atoms with Crippen molar-refractivity contribution in [2.75, 3.05) is 0 Å². The van der Waals surface area contributed by atoms with E-state index in [0.717, 1.165) is 0 Å². The minimum Gasteiger partial charge on any atom is -0.507 e. The summed E-state index contributed by atoms with van der Waals surface area (Å²) < 4.78 is 1.81. The van der Waals surface area contributed by atoms with Crippen LogP contribution in [0.1, 0.15) is 15.9 Å². The largest absolute Gasteiger partial charge is 0.507 e. The molecule has 0 saturated heterocycles. The third kappa shape index (κ3) is 2.57. The first-order valence-corrected chi connectivity index (χ1v) is 7.30. The van der Waals surface area contributed by atoms with Crippen LogP contribution in [0.4, 0.5) is 0 Å². The van der Waals surface area contributed by atoms with Gasteiger partial charge in [0.1, 0.15) is 11.4 Å². The summed E-state index contributed by atoms with van der Waals surface area (Å²) in [6, 6.07) is 5.82. The van der Waals surface area contributed by atoms with E-state index in [1.165, 1.54) is 36.0 Å². The molecular formula is C15H10BrN3O4. The molecule has 0 atom stereocenters. The monoisotopic (exact) mass is 375 g/mol. The number of ketones is 1. The molecule has 0 saturated carbocycles. The van der Waals surface area contributed by atoms with Crippen molar-refractivity contribution in [3.63, 3.8) is 0 Å². The number of aromatic hydroxyl groups is 1. The molecule has 7 nitrogen and oxygen atoms in total. The second-order valence-corrected chi connectivity index (χ2v) is 5.82. The van der Waals surface area contributed by atoms with Crippen LogP contribution in [0.25, 0.3) is 11.0 Å². The lowest BCUT2D eigenvalue weighted by Crippen LogP contribution is -2.29. The van der Waals surface area contributed by atoms with Crippen molar-refractivity contribution in [3.05, 3.63) is 66.9 Å². The molecule has 0 fully saturated rings. The van der Waals surface area contributed by atoms with Crippen LogP contribution in [0, 0.1) is 0 Å². The fourth-order valence-electron chi connectivity index (χ4n) is 2.21. The Morgan fingerprint density at radius 2 is 2.04 bits per heavy atom. The summed E-state index contributed by atoms with van der Waals surface area (Å²) in [6.45, 7) is 0. The zero-order valence-corrected chi connectivity index (χ0v) is 13.4. The van der Waals surface area contributed by atoms with E-state index in [1.54, 1.807) is 6.07 Å². The first-order chi connectivity index (χ1) is 10.9. The summed E-state index contributed by atoms with van der Waals surface area (Å²) in [5.41, 5.74) is -0.812. The second-order valence-electron chi connectivity index (χ2n) is 4.90. The van der Waals surface area contributed by atoms with Gasteiger partial charge in [0.15, 0.2) is 5.78 Å². The normalized spacial score (nSPS) is 10.9. The number of aryl methyl sites for hydroxylation is 1. The third-order valence-corrected chi connectivity index (χ3v) is 3.91. The van der Waals surface area contributed by atoms with Crippen LogP contribution in [-0.2, 0) is 7.05 Å². The molecule has 0 aliphatic carbocycles. The molecule has 0 spiro atoms. The zero-order valence-electron chi connectivity index (χ0n) is 11.8. The predicted molar refractivity (Wildman–Crippen MR) is 86.8 cm³/mol. The molecule has 0 amide bonds. The minimum absolute atomic E-state index is 0.0850. The van der Waals surface area contributed by atoms with E-state index in [1.807, 2.05) is 0 Å². The van der Waals surface area contributed by atoms with Gasteiger partial charge in [0.25, 0.3) is 5.56 Å². The number of nitrogens with zero attached hydrogens (tertiary/aromatic N) is 2. The number of fused-ring (bicyclic) bond motifs is 1. The van der Waals surface area contributed by atoms with Crippen LogP contribution in [0.3, 0.4) is 0 Å². The number of hydrogen-bond donors (Lipinski definition) is 2. The highest BCUT2D eigenvalue weighted by Gasteiger charge is 2.16. The molecule has 0 bridgehead atoms. The summed E-state index contributed by atoms with van der Waals surface area (Å²) in [5, 5.41) is 9.96. The lowest BCUT2D eigenvalue weighted by Gasteiger charge is -2.07. The van der Waals surface area contributed by atoms with E-state index < -0.39 is 17.0 Å². The number of aromatic nitrogens is 3. The average molecular weight is 376 g/mol. The minimum atomic E-state index is -0.622. The number of phenolic OH excluding ortho intramolecular Hbond substituents is 1. The van der Waals surface area contributed by atoms with E-state index in [2.05, 4.69) is 25.9 Å². The van der Waals surface area contributed by atoms with Gasteiger partial charge in [0, 0.05) is 23.3 Å². The lowest BCUT2D eigenvalue weighted by molar-refractivity contribution is 0.103. The van der Waals surface area contributed by atoms with Gasteiger partial charge in [-0.3, -0.25) is 19.1 Å². The molecule has 8 heteroatoms. The number of hydrogen-bond acceptors (Lipinski definition) is 5. The van der Waals surface area contributed by atoms with Crippen molar-refractivity contribution in [2.24, 2.45) is 7.05 Å². The Morgan fingerprint density at radius 3 is 2.78 bits per heavy atom. The van der Waals surface area contributed by atoms with Crippen molar-refractivity contribution in [3.8, 4) is 5.75 Å². The molecule has 116 valence electrons. The molecule has 2 heterocycles. The fraction of sp³-hybridized carbons (Fsp3) is 0.0667. The zero-order chi connectivity index (χ0) is 16.7. The van der Waals surface area contributed by atoms with Crippen molar-refractivity contribution in [1.29, 1.82) is 0 Å². The summed E-state index contributed by atoms with van der Waals surface area (Å²) in [4.78, 5) is 42.2. The van der Waals surface area contributed by atoms with Gasteiger partial charge < -0.3 is 5.11 Å². The number of aromatic amines is 1. The maximum atomic E-state index is 12.5. The van der Waals surface area contributed by atoms with Crippen LogP contribution in [0.2, 0.25) is 0 Å². The van der Waals surface area contributed by atoms with Crippen molar-refractivity contribution >= 4 is 32.7 Å². The first kappa shape index (κ1) is 15.2. The molecule has 3 aromatic rings. The quantitative estimate of drug-likeness (QED) is 0.657. The number of carbonyl (C=O) groups excluding carboxylic acids is 1. The summed E-state index contributed by atoms with van der Waals surface area (Å²) >= 11 is 3.23. The van der Waals surface area contributed by atoms with Gasteiger partial charge in [-0.25, -0.2) is 9.78 Å². The number of H-pyrrole nitrogens is 1. The van der Waals surface area contributed by atoms with Gasteiger partial charge in [-0.15, -0.1) is 0 Å². The van der Waals surface area contributed by atoms with Crippen molar-refractivity contribution < 1.29 is 9.90 Å². The van der Waals surface area contributed by atoms with Crippen molar-refractivity contribution in [2.45, 2.75) is 0 Å². The number of phenols is 1. The number of halogens is 1. The number of carbonyl (C=O) groups is 1. The molecular weight excluding hydrogens is 366 g/mol. The molecule has 1 aromatic carbocycles. The number of rotatable bonds is 2. The number of benzene rings is 1. The highest BCUT2D eigenvalue weighted by molar-refractivity contribution is 9.10. The molecule has 23 heavy (non-hydrogen) atoms. The van der Waals surface area contributed by atoms with Crippen LogP contribution < -0.4 is 11.2 Å². The molecule has 0 radical (unpaired) electrons. The average Bonchev–Trinajstić information content (AvgIpc) is 2.54. The Labute approximate surface area is 137 Å². The molecule has 2 aromatic heterocycles. The second kappa shape index (κ2) is 5.47. The lowest BCUT2D eigenvalue weighted by atomic mass is 10.0. The maximum absolute atomic E-state index is 12.5. The fourth-order valence-corrected chi connectivity index (χ4v) is 2.57. The highest BCUT2D eigenvalue weighted by Crippen LogP contribution is 2.24. The van der Waals surface area contributed by atoms with Crippen LogP contribution >= 0.6 is 15.9 Å². The Bertz CT molecular complexity index is 1070. The molecule has 3 rings (SSSR count). The SMILES string of the molecule is Cn1c(=O)[nH]c(=O)c2cc(C(=O)c3cc(Br)ccc3O)cnc21. The highest BCUT2D eigenvalue weighted by atomic mass is 79.9. The van der Waals surface area contributed by atoms with Crippen LogP contribution in [0.15, 0.2) is 44.5 Å². The standard InChI is InChI=1S/C15H10BrN3O4/c1-19-13-10(14(22)18-15(19)23)4-7(6-17-13)12(21)9-5-8(16)2-3-11(9)20/h2-6,20H,1H3,(H,18,22,23). The molecule has 2 N–H and O–H groups in total. The van der Waals surface area contributed by atoms with E-state index in [4.69, 9.17) is 0 Å². The predicted octanol–water partition coefficient (Wildman–Crippen LogP) is 1.32. The third-order valence-electron chi connectivity index (χ3n) is 3.42. The number of nitrogens with one attached hydrogen (secondary N) is 1.